The van der Waals surface area contributed by atoms with E-state index in [9.17, 15) is 14.4 Å². The van der Waals surface area contributed by atoms with E-state index in [1.165, 1.54) is 25.9 Å². The molecule has 2 aliphatic heterocycles. The van der Waals surface area contributed by atoms with Crippen LogP contribution in [-0.4, -0.2) is 56.7 Å². The van der Waals surface area contributed by atoms with Gasteiger partial charge in [0.2, 0.25) is 0 Å². The van der Waals surface area contributed by atoms with Crippen LogP contribution in [0.5, 0.6) is 0 Å². The number of esters is 1. The van der Waals surface area contributed by atoms with Crippen molar-refractivity contribution in [2.45, 2.75) is 39.0 Å². The number of rotatable bonds is 8. The van der Waals surface area contributed by atoms with Crippen LogP contribution < -0.4 is 21.1 Å². The lowest BCUT2D eigenvalue weighted by molar-refractivity contribution is -0.148. The van der Waals surface area contributed by atoms with Crippen molar-refractivity contribution >= 4 is 17.3 Å². The Morgan fingerprint density at radius 3 is 2.46 bits per heavy atom. The van der Waals surface area contributed by atoms with Crippen molar-refractivity contribution < 1.29 is 9.53 Å². The molecule has 26 heavy (non-hydrogen) atoms. The maximum atomic E-state index is 12.0. The van der Waals surface area contributed by atoms with E-state index in [4.69, 9.17) is 4.74 Å². The van der Waals surface area contributed by atoms with E-state index >= 15 is 0 Å². The van der Waals surface area contributed by atoms with Crippen molar-refractivity contribution in [1.82, 2.24) is 4.90 Å². The molecular weight excluding hydrogens is 334 g/mol. The molecule has 3 rings (SSSR count). The average molecular weight is 363 g/mol. The van der Waals surface area contributed by atoms with Crippen molar-refractivity contribution in [2.24, 2.45) is 5.92 Å². The summed E-state index contributed by atoms with van der Waals surface area (Å²) in [5.74, 6) is -0.257. The Labute approximate surface area is 154 Å². The Morgan fingerprint density at radius 2 is 1.81 bits per heavy atom. The molecule has 0 unspecified atom stereocenters. The zero-order valence-corrected chi connectivity index (χ0v) is 15.6. The van der Waals surface area contributed by atoms with E-state index in [2.05, 4.69) is 10.2 Å². The minimum atomic E-state index is -0.409. The van der Waals surface area contributed by atoms with E-state index in [-0.39, 0.29) is 11.9 Å². The summed E-state index contributed by atoms with van der Waals surface area (Å²) in [7, 11) is 0. The third-order valence-corrected chi connectivity index (χ3v) is 5.47. The summed E-state index contributed by atoms with van der Waals surface area (Å²) < 4.78 is 5.08. The molecule has 0 spiro atoms. The molecule has 2 fully saturated rings. The number of hydrogen-bond acceptors (Lipinski definition) is 7. The first-order valence-electron chi connectivity index (χ1n) is 9.83. The molecule has 0 atom stereocenters. The standard InChI is InChI=1S/C19H29N3O4/c1-2-26-19(25)14-6-12-22(13-7-14)16-15(17(23)18(16)24)20-8-5-11-21-9-3-4-10-21/h14,20H,2-13H2,1H3. The first kappa shape index (κ1) is 18.9. The quantitative estimate of drug-likeness (QED) is 0.419. The van der Waals surface area contributed by atoms with E-state index in [1.54, 1.807) is 6.92 Å². The van der Waals surface area contributed by atoms with Crippen LogP contribution in [0, 0.1) is 5.92 Å². The Balaban J connectivity index is 1.49. The van der Waals surface area contributed by atoms with Crippen LogP contribution in [0.4, 0.5) is 11.4 Å². The van der Waals surface area contributed by atoms with Crippen molar-refractivity contribution in [3.05, 3.63) is 20.4 Å². The number of carbonyl (C=O) groups excluding carboxylic acids is 1. The first-order chi connectivity index (χ1) is 12.6. The topological polar surface area (TPSA) is 79.0 Å². The molecule has 1 aromatic carbocycles. The maximum absolute atomic E-state index is 12.0. The highest BCUT2D eigenvalue weighted by Gasteiger charge is 2.31. The normalized spacial score (nSPS) is 19.2. The third-order valence-electron chi connectivity index (χ3n) is 5.47. The largest absolute Gasteiger partial charge is 0.466 e. The molecule has 0 bridgehead atoms. The molecule has 0 aliphatic carbocycles. The van der Waals surface area contributed by atoms with Gasteiger partial charge < -0.3 is 19.9 Å². The molecule has 2 aliphatic rings. The van der Waals surface area contributed by atoms with Gasteiger partial charge in [-0.1, -0.05) is 0 Å². The SMILES string of the molecule is CCOC(=O)C1CCN(c2c(NCCCN3CCCC3)c(=O)c2=O)CC1. The average Bonchev–Trinajstić information content (AvgIpc) is 3.17. The second-order valence-electron chi connectivity index (χ2n) is 7.22. The van der Waals surface area contributed by atoms with Crippen molar-refractivity contribution in [3.8, 4) is 0 Å². The minimum absolute atomic E-state index is 0.102. The number of hydrogen-bond donors (Lipinski definition) is 1. The Kier molecular flexibility index (Phi) is 6.29. The second kappa shape index (κ2) is 8.66. The summed E-state index contributed by atoms with van der Waals surface area (Å²) in [5.41, 5.74) is 0.166. The lowest BCUT2D eigenvalue weighted by atomic mass is 9.96. The van der Waals surface area contributed by atoms with Gasteiger partial charge in [0, 0.05) is 19.6 Å². The van der Waals surface area contributed by atoms with Crippen LogP contribution in [-0.2, 0) is 9.53 Å². The van der Waals surface area contributed by atoms with Gasteiger partial charge in [-0.15, -0.1) is 0 Å². The van der Waals surface area contributed by atoms with Gasteiger partial charge in [-0.05, 0) is 58.7 Å². The predicted octanol–water partition coefficient (Wildman–Crippen LogP) is 0.960. The molecule has 0 radical (unpaired) electrons. The fourth-order valence-electron chi connectivity index (χ4n) is 3.97. The Morgan fingerprint density at radius 1 is 1.12 bits per heavy atom. The summed E-state index contributed by atoms with van der Waals surface area (Å²) in [4.78, 5) is 40.2. The number of nitrogens with zero attached hydrogens (tertiary/aromatic N) is 2. The fourth-order valence-corrected chi connectivity index (χ4v) is 3.97. The number of nitrogens with one attached hydrogen (secondary N) is 1. The van der Waals surface area contributed by atoms with Crippen LogP contribution in [0.3, 0.4) is 0 Å². The van der Waals surface area contributed by atoms with E-state index < -0.39 is 10.9 Å². The fraction of sp³-hybridized carbons (Fsp3) is 0.737. The molecule has 0 saturated carbocycles. The number of likely N-dealkylation sites (tertiary alicyclic amines) is 1. The van der Waals surface area contributed by atoms with E-state index in [0.29, 0.717) is 50.5 Å². The lowest BCUT2D eigenvalue weighted by Gasteiger charge is -2.34. The highest BCUT2D eigenvalue weighted by molar-refractivity contribution is 5.76. The second-order valence-corrected chi connectivity index (χ2v) is 7.22. The van der Waals surface area contributed by atoms with Crippen LogP contribution >= 0.6 is 0 Å². The number of piperidine rings is 1. The number of carbonyl (C=O) groups is 1. The maximum Gasteiger partial charge on any atom is 0.309 e. The van der Waals surface area contributed by atoms with Crippen LogP contribution in [0.2, 0.25) is 0 Å². The third kappa shape index (κ3) is 4.09. The summed E-state index contributed by atoms with van der Waals surface area (Å²) in [5, 5.41) is 3.17. The van der Waals surface area contributed by atoms with Crippen molar-refractivity contribution in [1.29, 1.82) is 0 Å². The van der Waals surface area contributed by atoms with Gasteiger partial charge in [-0.3, -0.25) is 14.4 Å². The molecule has 0 amide bonds. The Hall–Kier alpha value is -1.89. The number of ether oxygens (including phenoxy) is 1. The minimum Gasteiger partial charge on any atom is -0.466 e. The summed E-state index contributed by atoms with van der Waals surface area (Å²) >= 11 is 0. The van der Waals surface area contributed by atoms with Gasteiger partial charge in [0.15, 0.2) is 0 Å². The highest BCUT2D eigenvalue weighted by atomic mass is 16.5. The van der Waals surface area contributed by atoms with E-state index in [1.807, 2.05) is 4.90 Å². The van der Waals surface area contributed by atoms with Gasteiger partial charge in [-0.25, -0.2) is 0 Å². The van der Waals surface area contributed by atoms with Crippen LogP contribution in [0.1, 0.15) is 39.0 Å². The van der Waals surface area contributed by atoms with Gasteiger partial charge >= 0.3 is 5.97 Å². The lowest BCUT2D eigenvalue weighted by Crippen LogP contribution is -2.46. The predicted molar refractivity (Wildman–Crippen MR) is 102 cm³/mol. The monoisotopic (exact) mass is 363 g/mol. The highest BCUT2D eigenvalue weighted by Crippen LogP contribution is 2.27. The summed E-state index contributed by atoms with van der Waals surface area (Å²) in [6.45, 7) is 7.48. The summed E-state index contributed by atoms with van der Waals surface area (Å²) in [6.07, 6.45) is 4.83. The van der Waals surface area contributed by atoms with Gasteiger partial charge in [0.25, 0.3) is 10.9 Å². The zero-order valence-electron chi connectivity index (χ0n) is 15.6. The van der Waals surface area contributed by atoms with Crippen LogP contribution in [0.25, 0.3) is 0 Å². The molecule has 7 heteroatoms. The number of anilines is 2. The van der Waals surface area contributed by atoms with Crippen molar-refractivity contribution in [2.75, 3.05) is 56.1 Å². The molecule has 2 saturated heterocycles. The molecule has 1 N–H and O–H groups in total. The first-order valence-corrected chi connectivity index (χ1v) is 9.83. The molecule has 144 valence electrons. The van der Waals surface area contributed by atoms with Gasteiger partial charge in [0.1, 0.15) is 11.4 Å². The zero-order chi connectivity index (χ0) is 18.5. The smallest absolute Gasteiger partial charge is 0.309 e. The molecule has 1 aromatic rings. The van der Waals surface area contributed by atoms with Gasteiger partial charge in [-0.2, -0.15) is 0 Å². The van der Waals surface area contributed by atoms with E-state index in [0.717, 1.165) is 13.0 Å². The molecule has 7 nitrogen and oxygen atoms in total. The van der Waals surface area contributed by atoms with Gasteiger partial charge in [0.05, 0.1) is 12.5 Å². The van der Waals surface area contributed by atoms with Crippen molar-refractivity contribution in [3.63, 3.8) is 0 Å². The molecule has 2 heterocycles. The Bertz CT molecular complexity index is 681. The molecule has 0 aromatic heterocycles. The summed E-state index contributed by atoms with van der Waals surface area (Å²) in [6, 6.07) is 0. The molecular formula is C19H29N3O4. The van der Waals surface area contributed by atoms with Crippen LogP contribution in [0.15, 0.2) is 9.59 Å².